The fraction of sp³-hybridized carbons (Fsp3) is 0.558. The number of benzene rings is 6. The SMILES string of the molecule is C.C=C1N(C(C)C)c2ccccc2C1(C)C.CC(C)N1c2cc(N)ccc2C(C)(C)C1C.CC(C)N1c2cc([N+](=O)[O-])ccc2C(C)(C)C1C.CC(C)N1c2ccccc2C(C)(C)C1C.CC1=Nc2ccccc2C1(C)C.CC1=[N+](C(C)C)c2ccccc2C1(C)C.CCCCC(CC)CNC(=O)CCC(=O)O.CO.[B].[H-].[I-].[Na+].[Na+].[OH-]. The second kappa shape index (κ2) is 46.9. The Morgan fingerprint density at radius 2 is 1.01 bits per heavy atom. The maximum absolute atomic E-state index is 11.3. The summed E-state index contributed by atoms with van der Waals surface area (Å²) < 4.78 is 2.45. The van der Waals surface area contributed by atoms with Crippen molar-refractivity contribution in [1.82, 2.24) is 5.32 Å². The molecule has 6 aromatic carbocycles. The van der Waals surface area contributed by atoms with Gasteiger partial charge < -0.3 is 71.7 Å². The third-order valence-corrected chi connectivity index (χ3v) is 24.5. The summed E-state index contributed by atoms with van der Waals surface area (Å²) in [6, 6.07) is 49.9. The Morgan fingerprint density at radius 3 is 1.45 bits per heavy atom. The largest absolute Gasteiger partial charge is 1.00 e. The van der Waals surface area contributed by atoms with Crippen LogP contribution in [0, 0.1) is 16.0 Å². The first kappa shape index (κ1) is 112. The monoisotopic (exact) mass is 1710 g/mol. The van der Waals surface area contributed by atoms with Crippen molar-refractivity contribution >= 4 is 77.2 Å². The number of allylic oxidation sites excluding steroid dienone is 1. The van der Waals surface area contributed by atoms with Crippen molar-refractivity contribution in [3.05, 3.63) is 189 Å². The third kappa shape index (κ3) is 25.3. The molecule has 115 heavy (non-hydrogen) atoms. The summed E-state index contributed by atoms with van der Waals surface area (Å²) in [5, 5.41) is 29.1. The van der Waals surface area contributed by atoms with Crippen LogP contribution in [0.2, 0.25) is 0 Å². The summed E-state index contributed by atoms with van der Waals surface area (Å²) in [6.07, 6.45) is 4.54. The number of nitrogens with two attached hydrogens (primary N) is 1. The van der Waals surface area contributed by atoms with E-state index in [9.17, 15) is 19.7 Å². The van der Waals surface area contributed by atoms with Gasteiger partial charge >= 0.3 is 65.1 Å². The molecule has 3 radical (unpaired) electrons. The summed E-state index contributed by atoms with van der Waals surface area (Å²) in [7, 11) is 1.00. The van der Waals surface area contributed by atoms with Gasteiger partial charge in [-0.15, -0.1) is 0 Å². The van der Waals surface area contributed by atoms with Gasteiger partial charge in [-0.05, 0) is 187 Å². The van der Waals surface area contributed by atoms with Crippen molar-refractivity contribution in [3.63, 3.8) is 0 Å². The van der Waals surface area contributed by atoms with Crippen LogP contribution in [0.15, 0.2) is 151 Å². The van der Waals surface area contributed by atoms with Crippen LogP contribution >= 0.6 is 0 Å². The molecule has 0 spiro atoms. The summed E-state index contributed by atoms with van der Waals surface area (Å²) in [6.45, 7) is 69.8. The molecule has 16 nitrogen and oxygen atoms in total. The Morgan fingerprint density at radius 1 is 0.591 bits per heavy atom. The van der Waals surface area contributed by atoms with Gasteiger partial charge in [-0.25, -0.2) is 0 Å². The van der Waals surface area contributed by atoms with E-state index in [1.807, 2.05) is 18.2 Å². The Hall–Kier alpha value is -5.55. The van der Waals surface area contributed by atoms with Crippen LogP contribution in [0.25, 0.3) is 0 Å². The van der Waals surface area contributed by atoms with Crippen molar-refractivity contribution in [2.24, 2.45) is 10.9 Å². The number of anilines is 5. The number of aliphatic imine (C=N–C) groups is 1. The maximum Gasteiger partial charge on any atom is 1.00 e. The number of aliphatic carboxylic acids is 1. The second-order valence-electron chi connectivity index (χ2n) is 35.1. The Balaban J connectivity index is -0.00000127. The van der Waals surface area contributed by atoms with E-state index >= 15 is 0 Å². The molecule has 627 valence electrons. The number of halogens is 1. The fourth-order valence-electron chi connectivity index (χ4n) is 16.5. The number of aliphatic hydroxyl groups excluding tert-OH is 1. The van der Waals surface area contributed by atoms with Crippen LogP contribution in [0.3, 0.4) is 0 Å². The van der Waals surface area contributed by atoms with Gasteiger partial charge in [0.2, 0.25) is 11.6 Å². The van der Waals surface area contributed by atoms with Crippen LogP contribution in [0.5, 0.6) is 0 Å². The van der Waals surface area contributed by atoms with E-state index in [-0.39, 0.29) is 168 Å². The molecule has 0 aliphatic carbocycles. The molecule has 6 aromatic rings. The van der Waals surface area contributed by atoms with Crippen LogP contribution in [0.1, 0.15) is 282 Å². The number of nitrogens with one attached hydrogen (secondary N) is 1. The predicted octanol–water partition coefficient (Wildman–Crippen LogP) is 13.5. The first-order chi connectivity index (χ1) is 50.7. The van der Waals surface area contributed by atoms with E-state index in [0.717, 1.165) is 37.0 Å². The van der Waals surface area contributed by atoms with Gasteiger partial charge in [-0.1, -0.05) is 195 Å². The van der Waals surface area contributed by atoms with Crippen molar-refractivity contribution in [1.29, 1.82) is 0 Å². The summed E-state index contributed by atoms with van der Waals surface area (Å²) >= 11 is 0. The molecule has 1 amide bonds. The van der Waals surface area contributed by atoms with Crippen molar-refractivity contribution in [3.8, 4) is 0 Å². The number of nitrogens with zero attached hydrogens (tertiary/aromatic N) is 7. The second-order valence-corrected chi connectivity index (χ2v) is 35.1. The normalized spacial score (nSPS) is 18.0. The number of carboxylic acids is 1. The number of carboxylic acid groups (broad SMARTS) is 1. The number of unbranched alkanes of at least 4 members (excludes halogenated alkanes) is 1. The van der Waals surface area contributed by atoms with E-state index in [1.54, 1.807) is 12.1 Å². The van der Waals surface area contributed by atoms with Gasteiger partial charge in [0.1, 0.15) is 0 Å². The van der Waals surface area contributed by atoms with E-state index < -0.39 is 5.97 Å². The number of para-hydroxylation sites is 4. The smallest absolute Gasteiger partial charge is 1.00 e. The Kier molecular flexibility index (Phi) is 45.4. The molecule has 4 unspecified atom stereocenters. The molecule has 0 aromatic heterocycles. The number of nitrogen functional groups attached to an aromatic ring is 1. The minimum Gasteiger partial charge on any atom is -1.00 e. The molecule has 0 fully saturated rings. The van der Waals surface area contributed by atoms with E-state index in [4.69, 9.17) is 15.9 Å². The number of fused-ring (bicyclic) bond motifs is 6. The molecule has 12 rings (SSSR count). The molecule has 0 bridgehead atoms. The van der Waals surface area contributed by atoms with Gasteiger partial charge in [0, 0.05) is 168 Å². The van der Waals surface area contributed by atoms with Crippen LogP contribution < -0.4 is 114 Å². The standard InChI is InChI=1S/C14H20N2O2.C14H22N2.C14H21N.C14H20N.C14H19N.C12H23NO3.C11H13N.CH4O.CH4.B.HI.2Na.H2O.H/c1-9(2)15-10(3)14(4,5)12-7-6-11(16(17)18)8-13(12)15;1-9(2)16-10(3)14(4,5)12-7-6-11(15)8-13(12)16;3*1-10(2)15-11(3)14(4,5)12-8-6-7-9-13(12)15;1-3-5-6-10(4-2)9-13-11(14)7-8-12(15)16;1-8-11(2,3)9-6-4-5-7-10(9)12-8;1-2;;;;;;;/h6-10H,1-5H3;6-10H,15H2,1-5H3;6-11H,1-5H3;6-10H,1-5H3;6-10H,3H2,1-2,4-5H3;10H,3-9H2,1-2H3,(H,13,14)(H,15,16);4-7H,1-3H3;2H,1H3;1H4;;1H;;;1H2;/q;;;+1;;;;;;;;2*+1;;-1/p-2. The van der Waals surface area contributed by atoms with Gasteiger partial charge in [0.15, 0.2) is 11.8 Å². The van der Waals surface area contributed by atoms with Crippen LogP contribution in [0.4, 0.5) is 45.5 Å². The predicted molar refractivity (Wildman–Crippen MR) is 481 cm³/mol. The number of aliphatic hydroxyl groups is 1. The Labute approximate surface area is 761 Å². The number of nitro benzene ring substituents is 1. The van der Waals surface area contributed by atoms with Gasteiger partial charge in [0.25, 0.3) is 5.69 Å². The Bertz CT molecular complexity index is 4170. The van der Waals surface area contributed by atoms with Crippen molar-refractivity contribution in [2.45, 2.75) is 328 Å². The number of amides is 1. The maximum atomic E-state index is 11.3. The number of carbonyl (C=O) groups is 2. The van der Waals surface area contributed by atoms with E-state index in [2.05, 4.69) is 345 Å². The van der Waals surface area contributed by atoms with Gasteiger partial charge in [-0.3, -0.25) is 24.7 Å². The molecule has 0 saturated carbocycles. The molecular formula is C95H148BIN9Na2O7. The molecular weight excluding hydrogens is 1560 g/mol. The van der Waals surface area contributed by atoms with Crippen molar-refractivity contribution < 1.29 is 119 Å². The quantitative estimate of drug-likeness (QED) is 0.0189. The van der Waals surface area contributed by atoms with Crippen LogP contribution in [-0.4, -0.2) is 119 Å². The zero-order chi connectivity index (χ0) is 82.6. The van der Waals surface area contributed by atoms with Crippen molar-refractivity contribution in [2.75, 3.05) is 39.0 Å². The zero-order valence-electron chi connectivity index (χ0n) is 77.2. The molecule has 6 heterocycles. The first-order valence-corrected chi connectivity index (χ1v) is 40.2. The number of nitro groups is 1. The third-order valence-electron chi connectivity index (χ3n) is 24.5. The van der Waals surface area contributed by atoms with Crippen LogP contribution in [-0.2, 0) is 42.1 Å². The minimum atomic E-state index is -0.923. The van der Waals surface area contributed by atoms with E-state index in [0.29, 0.717) is 60.8 Å². The molecule has 6 N–H and O–H groups in total. The van der Waals surface area contributed by atoms with Gasteiger partial charge in [-0.2, -0.15) is 4.58 Å². The molecule has 0 saturated heterocycles. The molecule has 6 aliphatic heterocycles. The number of hydrogen-bond donors (Lipinski definition) is 4. The van der Waals surface area contributed by atoms with Gasteiger partial charge in [0.05, 0.1) is 22.4 Å². The number of carbonyl (C=O) groups excluding carboxylic acids is 1. The minimum absolute atomic E-state index is 0. The summed E-state index contributed by atoms with van der Waals surface area (Å²) in [4.78, 5) is 46.3. The number of hydrogen-bond acceptors (Lipinski definition) is 12. The first-order valence-electron chi connectivity index (χ1n) is 40.2. The zero-order valence-corrected chi connectivity index (χ0v) is 82.4. The molecule has 6 aliphatic rings. The number of rotatable bonds is 15. The molecule has 4 atom stereocenters. The summed E-state index contributed by atoms with van der Waals surface area (Å²) in [5.74, 6) is -0.556. The average molecular weight is 1710 g/mol. The molecule has 20 heteroatoms. The van der Waals surface area contributed by atoms with E-state index in [1.165, 1.54) is 86.1 Å². The summed E-state index contributed by atoms with van der Waals surface area (Å²) in [5.41, 5.74) is 27.6. The fourth-order valence-corrected chi connectivity index (χ4v) is 16.5. The topological polar surface area (TPSA) is 214 Å². The number of non-ortho nitro benzene ring substituents is 1. The average Bonchev–Trinajstić information content (AvgIpc) is 1.56.